The molecule has 0 N–H and O–H groups in total. The normalized spacial score (nSPS) is 11.4. The Morgan fingerprint density at radius 1 is 0.389 bits per heavy atom. The van der Waals surface area contributed by atoms with Crippen molar-refractivity contribution in [2.45, 2.75) is 0 Å². The van der Waals surface area contributed by atoms with Crippen LogP contribution in [0.4, 0.5) is 0 Å². The fourth-order valence-electron chi connectivity index (χ4n) is 3.15. The summed E-state index contributed by atoms with van der Waals surface area (Å²) < 4.78 is 15.2. The number of halogens is 4. The molecule has 0 saturated carbocycles. The number of carbonyl (C=O) groups excluding carboxylic acids is 2. The van der Waals surface area contributed by atoms with E-state index in [1.165, 1.54) is 0 Å². The molecule has 0 aliphatic carbocycles. The van der Waals surface area contributed by atoms with Crippen molar-refractivity contribution in [3.63, 3.8) is 0 Å². The molecule has 0 spiro atoms. The van der Waals surface area contributed by atoms with E-state index in [-0.39, 0.29) is 11.5 Å². The van der Waals surface area contributed by atoms with Gasteiger partial charge in [-0.1, -0.05) is 63.7 Å². The molecule has 0 radical (unpaired) electrons. The lowest BCUT2D eigenvalue weighted by Gasteiger charge is -2.17. The van der Waals surface area contributed by atoms with E-state index >= 15 is 0 Å². The van der Waals surface area contributed by atoms with Gasteiger partial charge in [0.05, 0.1) is 11.1 Å². The summed E-state index contributed by atoms with van der Waals surface area (Å²) in [5.74, 6) is -0.948. The zero-order chi connectivity index (χ0) is 25.7. The zero-order valence-electron chi connectivity index (χ0n) is 18.4. The minimum atomic E-state index is -0.588. The molecule has 0 aliphatic rings. The number of ether oxygens (including phenoxy) is 2. The van der Waals surface area contributed by atoms with Crippen LogP contribution in [0.15, 0.2) is 115 Å². The van der Waals surface area contributed by atoms with E-state index in [0.29, 0.717) is 22.3 Å². The second kappa shape index (κ2) is 12.1. The fraction of sp³-hybridized carbons (Fsp3) is 0. The Bertz CT molecular complexity index is 1300. The van der Waals surface area contributed by atoms with Crippen molar-refractivity contribution in [2.24, 2.45) is 0 Å². The summed E-state index contributed by atoms with van der Waals surface area (Å²) in [6.07, 6.45) is 0. The average molecular weight is 736 g/mol. The Morgan fingerprint density at radius 3 is 0.861 bits per heavy atom. The highest BCUT2D eigenvalue weighted by Gasteiger charge is 2.23. The largest absolute Gasteiger partial charge is 0.418 e. The molecule has 0 fully saturated rings. The maximum atomic E-state index is 13.2. The van der Waals surface area contributed by atoms with Crippen LogP contribution in [0, 0.1) is 0 Å². The van der Waals surface area contributed by atoms with Crippen molar-refractivity contribution >= 4 is 87.2 Å². The first kappa shape index (κ1) is 26.5. The van der Waals surface area contributed by atoms with Crippen LogP contribution in [0.2, 0.25) is 0 Å². The van der Waals surface area contributed by atoms with Gasteiger partial charge in [-0.3, -0.25) is 0 Å². The van der Waals surface area contributed by atoms with Crippen LogP contribution < -0.4 is 0 Å². The number of rotatable bonds is 6. The summed E-state index contributed by atoms with van der Waals surface area (Å²) >= 11 is 13.6. The lowest BCUT2D eigenvalue weighted by Crippen LogP contribution is -2.11. The fourth-order valence-corrected chi connectivity index (χ4v) is 4.21. The van der Waals surface area contributed by atoms with Gasteiger partial charge in [0.25, 0.3) is 0 Å². The smallest absolute Gasteiger partial charge is 0.343 e. The Hall–Kier alpha value is -2.52. The van der Waals surface area contributed by atoms with Gasteiger partial charge in [0, 0.05) is 29.0 Å². The third kappa shape index (κ3) is 6.82. The summed E-state index contributed by atoms with van der Waals surface area (Å²) in [5.41, 5.74) is 1.82. The highest BCUT2D eigenvalue weighted by Crippen LogP contribution is 2.32. The summed E-state index contributed by atoms with van der Waals surface area (Å²) in [5, 5.41) is 0. The Balaban J connectivity index is 1.85. The summed E-state index contributed by atoms with van der Waals surface area (Å²) in [7, 11) is 0. The molecule has 4 rings (SSSR count). The summed E-state index contributed by atoms with van der Waals surface area (Å²) in [6.45, 7) is 0. The van der Waals surface area contributed by atoms with E-state index < -0.39 is 11.9 Å². The topological polar surface area (TPSA) is 52.6 Å². The van der Waals surface area contributed by atoms with Gasteiger partial charge in [0.1, 0.15) is 0 Å². The molecule has 0 aliphatic heterocycles. The lowest BCUT2D eigenvalue weighted by atomic mass is 10.1. The van der Waals surface area contributed by atoms with E-state index in [2.05, 4.69) is 63.7 Å². The highest BCUT2D eigenvalue weighted by molar-refractivity contribution is 9.11. The van der Waals surface area contributed by atoms with Gasteiger partial charge in [-0.25, -0.2) is 9.59 Å². The van der Waals surface area contributed by atoms with Crippen molar-refractivity contribution in [1.82, 2.24) is 0 Å². The number of esters is 2. The minimum absolute atomic E-state index is 0.114. The van der Waals surface area contributed by atoms with Crippen LogP contribution >= 0.6 is 63.7 Å². The average Bonchev–Trinajstić information content (AvgIpc) is 2.88. The SMILES string of the molecule is O=C(O/C(=C(/OC(=O)c1ccc(Br)cc1)c1ccc(Br)cc1)c1ccc(Br)cc1)c1ccc(Br)cc1. The molecular weight excluding hydrogens is 720 g/mol. The second-order valence-electron chi connectivity index (χ2n) is 7.46. The van der Waals surface area contributed by atoms with E-state index in [4.69, 9.17) is 9.47 Å². The predicted molar refractivity (Wildman–Crippen MR) is 154 cm³/mol. The van der Waals surface area contributed by atoms with E-state index in [9.17, 15) is 9.59 Å². The van der Waals surface area contributed by atoms with Gasteiger partial charge >= 0.3 is 11.9 Å². The second-order valence-corrected chi connectivity index (χ2v) is 11.1. The number of benzene rings is 4. The third-order valence-electron chi connectivity index (χ3n) is 4.97. The Kier molecular flexibility index (Phi) is 8.95. The minimum Gasteiger partial charge on any atom is -0.418 e. The Labute approximate surface area is 241 Å². The molecule has 0 heterocycles. The molecule has 0 unspecified atom stereocenters. The van der Waals surface area contributed by atoms with Gasteiger partial charge in [0.2, 0.25) is 0 Å². The molecule has 180 valence electrons. The molecule has 0 atom stereocenters. The maximum Gasteiger partial charge on any atom is 0.343 e. The first-order valence-electron chi connectivity index (χ1n) is 10.5. The molecule has 0 bridgehead atoms. The molecule has 0 saturated heterocycles. The van der Waals surface area contributed by atoms with Crippen molar-refractivity contribution < 1.29 is 19.1 Å². The maximum absolute atomic E-state index is 13.2. The van der Waals surface area contributed by atoms with E-state index in [0.717, 1.165) is 17.9 Å². The summed E-state index contributed by atoms with van der Waals surface area (Å²) in [6, 6.07) is 28.0. The zero-order valence-corrected chi connectivity index (χ0v) is 24.7. The van der Waals surface area contributed by atoms with Gasteiger partial charge in [-0.05, 0) is 97.1 Å². The number of carbonyl (C=O) groups is 2. The highest BCUT2D eigenvalue weighted by atomic mass is 79.9. The molecule has 36 heavy (non-hydrogen) atoms. The first-order valence-corrected chi connectivity index (χ1v) is 13.7. The van der Waals surface area contributed by atoms with Crippen molar-refractivity contribution in [3.05, 3.63) is 137 Å². The molecule has 8 heteroatoms. The molecule has 0 amide bonds. The van der Waals surface area contributed by atoms with E-state index in [1.807, 2.05) is 24.3 Å². The van der Waals surface area contributed by atoms with Crippen LogP contribution in [0.5, 0.6) is 0 Å². The Morgan fingerprint density at radius 2 is 0.611 bits per heavy atom. The quantitative estimate of drug-likeness (QED) is 0.113. The van der Waals surface area contributed by atoms with Gasteiger partial charge in [-0.15, -0.1) is 0 Å². The molecular formula is C28H16Br4O4. The van der Waals surface area contributed by atoms with Crippen molar-refractivity contribution in [2.75, 3.05) is 0 Å². The van der Waals surface area contributed by atoms with Gasteiger partial charge < -0.3 is 9.47 Å². The van der Waals surface area contributed by atoms with Crippen molar-refractivity contribution in [3.8, 4) is 0 Å². The van der Waals surface area contributed by atoms with Crippen LogP contribution in [-0.4, -0.2) is 11.9 Å². The predicted octanol–water partition coefficient (Wildman–Crippen LogP) is 9.28. The molecule has 0 aromatic heterocycles. The van der Waals surface area contributed by atoms with Crippen LogP contribution in [0.25, 0.3) is 11.5 Å². The first-order chi connectivity index (χ1) is 17.3. The third-order valence-corrected chi connectivity index (χ3v) is 7.08. The monoisotopic (exact) mass is 732 g/mol. The van der Waals surface area contributed by atoms with Gasteiger partial charge in [0.15, 0.2) is 11.5 Å². The van der Waals surface area contributed by atoms with E-state index in [1.54, 1.807) is 72.8 Å². The standard InChI is InChI=1S/C28H16Br4O4/c29-21-9-1-17(2-10-21)25(35-27(33)19-5-13-23(31)14-6-19)26(18-3-11-22(30)12-4-18)36-28(34)20-7-15-24(32)16-8-20/h1-16H/b26-25+. The summed E-state index contributed by atoms with van der Waals surface area (Å²) in [4.78, 5) is 26.3. The number of hydrogen-bond donors (Lipinski definition) is 0. The lowest BCUT2D eigenvalue weighted by molar-refractivity contribution is 0.0646. The number of hydrogen-bond acceptors (Lipinski definition) is 4. The van der Waals surface area contributed by atoms with Crippen LogP contribution in [0.3, 0.4) is 0 Å². The van der Waals surface area contributed by atoms with Gasteiger partial charge in [-0.2, -0.15) is 0 Å². The van der Waals surface area contributed by atoms with Crippen LogP contribution in [0.1, 0.15) is 31.8 Å². The molecule has 4 aromatic rings. The molecule has 4 aromatic carbocycles. The van der Waals surface area contributed by atoms with Crippen molar-refractivity contribution in [1.29, 1.82) is 0 Å². The molecule has 4 nitrogen and oxygen atoms in total. The van der Waals surface area contributed by atoms with Crippen LogP contribution in [-0.2, 0) is 9.47 Å².